The maximum atomic E-state index is 12.7. The van der Waals surface area contributed by atoms with Gasteiger partial charge in [0.05, 0.1) is 17.8 Å². The Morgan fingerprint density at radius 3 is 2.75 bits per heavy atom. The minimum absolute atomic E-state index is 0.0208. The molecule has 0 atom stereocenters. The van der Waals surface area contributed by atoms with Crippen molar-refractivity contribution in [3.8, 4) is 5.75 Å². The van der Waals surface area contributed by atoms with Crippen LogP contribution >= 0.6 is 23.2 Å². The van der Waals surface area contributed by atoms with Crippen LogP contribution in [0.2, 0.25) is 10.0 Å². The molecule has 0 spiro atoms. The zero-order valence-electron chi connectivity index (χ0n) is 15.7. The number of nitrogens with zero attached hydrogens (tertiary/aromatic N) is 3. The molecule has 10 heteroatoms. The standard InChI is InChI=1S/C18H23Cl2F2N5O/c1-3-23-18(24-6-4-5-12-9-26-27(2)11-12)25-10-13-7-14(19)8-15(20)16(13)28-17(21)22/h7-9,11,17H,3-6,10H2,1-2H3,(H2,23,24,25). The highest BCUT2D eigenvalue weighted by atomic mass is 35.5. The summed E-state index contributed by atoms with van der Waals surface area (Å²) in [6.07, 6.45) is 5.59. The van der Waals surface area contributed by atoms with E-state index in [-0.39, 0.29) is 17.3 Å². The number of aromatic nitrogens is 2. The average molecular weight is 434 g/mol. The molecule has 0 aliphatic rings. The average Bonchev–Trinajstić information content (AvgIpc) is 3.04. The number of aryl methyl sites for hydroxylation is 2. The molecule has 2 aromatic rings. The maximum absolute atomic E-state index is 12.7. The van der Waals surface area contributed by atoms with E-state index >= 15 is 0 Å². The summed E-state index contributed by atoms with van der Waals surface area (Å²) in [6.45, 7) is 0.386. The zero-order chi connectivity index (χ0) is 20.5. The van der Waals surface area contributed by atoms with E-state index in [1.54, 1.807) is 4.68 Å². The third-order valence-corrected chi connectivity index (χ3v) is 4.24. The van der Waals surface area contributed by atoms with E-state index in [0.29, 0.717) is 29.6 Å². The number of rotatable bonds is 9. The summed E-state index contributed by atoms with van der Waals surface area (Å²) in [5.41, 5.74) is 1.54. The molecule has 2 rings (SSSR count). The smallest absolute Gasteiger partial charge is 0.387 e. The Labute approximate surface area is 172 Å². The molecule has 0 radical (unpaired) electrons. The Hall–Kier alpha value is -2.06. The van der Waals surface area contributed by atoms with Crippen LogP contribution in [0.4, 0.5) is 8.78 Å². The molecule has 28 heavy (non-hydrogen) atoms. The highest BCUT2D eigenvalue weighted by molar-refractivity contribution is 6.35. The van der Waals surface area contributed by atoms with Crippen LogP contribution in [0.1, 0.15) is 24.5 Å². The minimum atomic E-state index is -2.99. The van der Waals surface area contributed by atoms with E-state index < -0.39 is 6.61 Å². The molecule has 6 nitrogen and oxygen atoms in total. The minimum Gasteiger partial charge on any atom is -0.433 e. The van der Waals surface area contributed by atoms with Crippen LogP contribution in [0, 0.1) is 0 Å². The van der Waals surface area contributed by atoms with Gasteiger partial charge in [0.25, 0.3) is 0 Å². The fourth-order valence-corrected chi connectivity index (χ4v) is 3.14. The number of guanidine groups is 1. The molecule has 0 aliphatic carbocycles. The van der Waals surface area contributed by atoms with Crippen LogP contribution < -0.4 is 15.4 Å². The molecule has 154 valence electrons. The molecule has 1 aromatic carbocycles. The van der Waals surface area contributed by atoms with E-state index in [0.717, 1.165) is 18.4 Å². The van der Waals surface area contributed by atoms with Crippen molar-refractivity contribution in [2.24, 2.45) is 12.0 Å². The van der Waals surface area contributed by atoms with Crippen LogP contribution in [0.5, 0.6) is 5.75 Å². The van der Waals surface area contributed by atoms with Gasteiger partial charge in [-0.15, -0.1) is 0 Å². The van der Waals surface area contributed by atoms with Crippen molar-refractivity contribution in [1.82, 2.24) is 20.4 Å². The first-order valence-electron chi connectivity index (χ1n) is 8.81. The van der Waals surface area contributed by atoms with Crippen LogP contribution in [-0.2, 0) is 20.0 Å². The lowest BCUT2D eigenvalue weighted by Crippen LogP contribution is -2.37. The van der Waals surface area contributed by atoms with Gasteiger partial charge in [-0.05, 0) is 37.5 Å². The SMILES string of the molecule is CCNC(=NCc1cc(Cl)cc(Cl)c1OC(F)F)NCCCc1cnn(C)c1. The van der Waals surface area contributed by atoms with Gasteiger partial charge in [0.1, 0.15) is 5.75 Å². The van der Waals surface area contributed by atoms with E-state index in [1.165, 1.54) is 12.1 Å². The summed E-state index contributed by atoms with van der Waals surface area (Å²) in [5, 5.41) is 10.8. The molecular weight excluding hydrogens is 411 g/mol. The van der Waals surface area contributed by atoms with Gasteiger partial charge in [-0.25, -0.2) is 4.99 Å². The fraction of sp³-hybridized carbons (Fsp3) is 0.444. The zero-order valence-corrected chi connectivity index (χ0v) is 17.2. The highest BCUT2D eigenvalue weighted by Crippen LogP contribution is 2.34. The van der Waals surface area contributed by atoms with Gasteiger partial charge < -0.3 is 15.4 Å². The molecule has 0 unspecified atom stereocenters. The van der Waals surface area contributed by atoms with Gasteiger partial charge in [-0.2, -0.15) is 13.9 Å². The van der Waals surface area contributed by atoms with Crippen molar-refractivity contribution in [3.05, 3.63) is 45.7 Å². The number of hydrogen-bond donors (Lipinski definition) is 2. The number of ether oxygens (including phenoxy) is 1. The first-order chi connectivity index (χ1) is 13.4. The molecule has 1 heterocycles. The Morgan fingerprint density at radius 2 is 2.11 bits per heavy atom. The van der Waals surface area contributed by atoms with Crippen molar-refractivity contribution in [1.29, 1.82) is 0 Å². The van der Waals surface area contributed by atoms with Gasteiger partial charge in [-0.1, -0.05) is 23.2 Å². The molecular formula is C18H23Cl2F2N5O. The summed E-state index contributed by atoms with van der Waals surface area (Å²) in [5.74, 6) is 0.449. The molecule has 0 aliphatic heterocycles. The normalized spacial score (nSPS) is 11.8. The second kappa shape index (κ2) is 11.1. The Bertz CT molecular complexity index is 798. The van der Waals surface area contributed by atoms with Gasteiger partial charge in [0.2, 0.25) is 0 Å². The van der Waals surface area contributed by atoms with Gasteiger partial charge in [0.15, 0.2) is 5.96 Å². The predicted octanol–water partition coefficient (Wildman–Crippen LogP) is 4.02. The van der Waals surface area contributed by atoms with Crippen molar-refractivity contribution in [2.75, 3.05) is 13.1 Å². The summed E-state index contributed by atoms with van der Waals surface area (Å²) in [4.78, 5) is 4.42. The van der Waals surface area contributed by atoms with Crippen LogP contribution in [-0.4, -0.2) is 35.4 Å². The summed E-state index contributed by atoms with van der Waals surface area (Å²) < 4.78 is 31.6. The second-order valence-electron chi connectivity index (χ2n) is 6.00. The fourth-order valence-electron chi connectivity index (χ4n) is 2.56. The molecule has 2 N–H and O–H groups in total. The van der Waals surface area contributed by atoms with Crippen LogP contribution in [0.25, 0.3) is 0 Å². The lowest BCUT2D eigenvalue weighted by Gasteiger charge is -2.14. The van der Waals surface area contributed by atoms with Crippen LogP contribution in [0.3, 0.4) is 0 Å². The van der Waals surface area contributed by atoms with E-state index in [2.05, 4.69) is 25.5 Å². The van der Waals surface area contributed by atoms with Gasteiger partial charge >= 0.3 is 6.61 Å². The Balaban J connectivity index is 1.99. The first-order valence-corrected chi connectivity index (χ1v) is 9.57. The third-order valence-electron chi connectivity index (χ3n) is 3.74. The highest BCUT2D eigenvalue weighted by Gasteiger charge is 2.15. The predicted molar refractivity (Wildman–Crippen MR) is 107 cm³/mol. The molecule has 1 aromatic heterocycles. The Kier molecular flexibility index (Phi) is 8.79. The molecule has 0 amide bonds. The lowest BCUT2D eigenvalue weighted by molar-refractivity contribution is -0.0503. The first kappa shape index (κ1) is 22.2. The second-order valence-corrected chi connectivity index (χ2v) is 6.85. The van der Waals surface area contributed by atoms with E-state index in [1.807, 2.05) is 26.4 Å². The Morgan fingerprint density at radius 1 is 1.32 bits per heavy atom. The van der Waals surface area contributed by atoms with Gasteiger partial charge in [0, 0.05) is 36.9 Å². The molecule has 0 fully saturated rings. The van der Waals surface area contributed by atoms with Gasteiger partial charge in [-0.3, -0.25) is 4.68 Å². The van der Waals surface area contributed by atoms with E-state index in [9.17, 15) is 8.78 Å². The summed E-state index contributed by atoms with van der Waals surface area (Å²) in [7, 11) is 1.88. The largest absolute Gasteiger partial charge is 0.433 e. The van der Waals surface area contributed by atoms with Crippen LogP contribution in [0.15, 0.2) is 29.5 Å². The number of halogens is 4. The van der Waals surface area contributed by atoms with Crippen molar-refractivity contribution >= 4 is 29.2 Å². The lowest BCUT2D eigenvalue weighted by atomic mass is 10.2. The molecule has 0 saturated heterocycles. The van der Waals surface area contributed by atoms with Crippen molar-refractivity contribution < 1.29 is 13.5 Å². The maximum Gasteiger partial charge on any atom is 0.387 e. The number of nitrogens with one attached hydrogen (secondary N) is 2. The third kappa shape index (κ3) is 7.16. The van der Waals surface area contributed by atoms with Crippen molar-refractivity contribution in [3.63, 3.8) is 0 Å². The quantitative estimate of drug-likeness (QED) is 0.356. The number of aliphatic imine (C=N–C) groups is 1. The topological polar surface area (TPSA) is 63.5 Å². The molecule has 0 saturated carbocycles. The summed E-state index contributed by atoms with van der Waals surface area (Å²) >= 11 is 12.0. The number of alkyl halides is 2. The monoisotopic (exact) mass is 433 g/mol. The summed E-state index contributed by atoms with van der Waals surface area (Å²) in [6, 6.07) is 2.87. The number of benzene rings is 1. The van der Waals surface area contributed by atoms with Crippen molar-refractivity contribution in [2.45, 2.75) is 32.9 Å². The van der Waals surface area contributed by atoms with E-state index in [4.69, 9.17) is 23.2 Å². The molecule has 0 bridgehead atoms. The number of hydrogen-bond acceptors (Lipinski definition) is 3.